The van der Waals surface area contributed by atoms with Gasteiger partial charge < -0.3 is 5.32 Å². The topological polar surface area (TPSA) is 66.2 Å². The van der Waals surface area contributed by atoms with Crippen molar-refractivity contribution in [2.45, 2.75) is 5.62 Å². The first kappa shape index (κ1) is 7.35. The van der Waals surface area contributed by atoms with E-state index in [1.807, 2.05) is 0 Å². The van der Waals surface area contributed by atoms with Gasteiger partial charge in [-0.25, -0.2) is 4.99 Å². The fourth-order valence-corrected chi connectivity index (χ4v) is 1.07. The van der Waals surface area contributed by atoms with Gasteiger partial charge in [-0.05, 0) is 0 Å². The molecule has 1 N–H and O–H groups in total. The van der Waals surface area contributed by atoms with Gasteiger partial charge in [-0.1, -0.05) is 11.6 Å². The Hall–Kier alpha value is -1.30. The van der Waals surface area contributed by atoms with Crippen LogP contribution in [0.1, 0.15) is 0 Å². The third-order valence-corrected chi connectivity index (χ3v) is 1.57. The molecule has 5 nitrogen and oxygen atoms in total. The second kappa shape index (κ2) is 2.34. The van der Waals surface area contributed by atoms with Crippen LogP contribution in [0.5, 0.6) is 0 Å². The van der Waals surface area contributed by atoms with E-state index in [0.29, 0.717) is 0 Å². The smallest absolute Gasteiger partial charge is 0.276 e. The number of nitrogens with zero attached hydrogens (tertiary/aromatic N) is 3. The van der Waals surface area contributed by atoms with Gasteiger partial charge in [-0.3, -0.25) is 4.79 Å². The Balaban J connectivity index is 2.46. The first-order chi connectivity index (χ1) is 5.68. The maximum atomic E-state index is 12.7. The number of carbonyl (C=O) groups is 1. The Labute approximate surface area is 71.0 Å². The Bertz CT molecular complexity index is 347. The molecule has 1 amide bonds. The molecule has 12 heavy (non-hydrogen) atoms. The summed E-state index contributed by atoms with van der Waals surface area (Å²) in [6.07, 6.45) is 0. The van der Waals surface area contributed by atoms with Crippen LogP contribution in [0.2, 0.25) is 0 Å². The van der Waals surface area contributed by atoms with Gasteiger partial charge in [0.15, 0.2) is 17.0 Å². The van der Waals surface area contributed by atoms with Crippen molar-refractivity contribution in [1.29, 1.82) is 0 Å². The summed E-state index contributed by atoms with van der Waals surface area (Å²) in [5, 5.41) is 8.57. The monoisotopic (exact) mass is 188 g/mol. The molecule has 0 aliphatic carbocycles. The van der Waals surface area contributed by atoms with Crippen LogP contribution in [0.3, 0.4) is 0 Å². The van der Waals surface area contributed by atoms with Gasteiger partial charge in [-0.15, -0.1) is 10.2 Å². The van der Waals surface area contributed by atoms with Crippen LogP contribution in [0, 0.1) is 0 Å². The Morgan fingerprint density at radius 3 is 2.92 bits per heavy atom. The molecule has 0 bridgehead atoms. The summed E-state index contributed by atoms with van der Waals surface area (Å²) in [5.41, 5.74) is -1.23. The molecule has 0 aromatic heterocycles. The number of amides is 1. The number of halogens is 2. The lowest BCUT2D eigenvalue weighted by molar-refractivity contribution is -0.114. The first-order valence-corrected chi connectivity index (χ1v) is 3.47. The number of carbonyl (C=O) groups excluding carboxylic acids is 1. The highest BCUT2D eigenvalue weighted by atomic mass is 35.5. The highest BCUT2D eigenvalue weighted by molar-refractivity contribution is 6.82. The minimum Gasteiger partial charge on any atom is -0.316 e. The van der Waals surface area contributed by atoms with Crippen molar-refractivity contribution >= 4 is 34.9 Å². The number of fused-ring (bicyclic) bond motifs is 1. The standard InChI is InChI=1S/C5H2ClFN4O/c6-5-8-1-2(4(12)9-5)10-11-3(1)7/h5H,(H,9,12). The SMILES string of the molecule is O=C1NC(Cl)N=C2C(F)=NN=C12. The van der Waals surface area contributed by atoms with Crippen molar-refractivity contribution in [3.8, 4) is 0 Å². The maximum Gasteiger partial charge on any atom is 0.276 e. The fourth-order valence-electron chi connectivity index (χ4n) is 0.876. The van der Waals surface area contributed by atoms with E-state index in [-0.39, 0.29) is 11.4 Å². The highest BCUT2D eigenvalue weighted by Crippen LogP contribution is 2.09. The molecular formula is C5H2ClFN4O. The molecule has 0 saturated heterocycles. The zero-order valence-electron chi connectivity index (χ0n) is 5.58. The average Bonchev–Trinajstić information content (AvgIpc) is 2.33. The largest absolute Gasteiger partial charge is 0.316 e. The third kappa shape index (κ3) is 0.918. The van der Waals surface area contributed by atoms with E-state index in [4.69, 9.17) is 11.6 Å². The Kier molecular flexibility index (Phi) is 1.44. The Morgan fingerprint density at radius 1 is 1.42 bits per heavy atom. The summed E-state index contributed by atoms with van der Waals surface area (Å²) >= 11 is 5.45. The zero-order valence-corrected chi connectivity index (χ0v) is 6.34. The number of hydrogen-bond acceptors (Lipinski definition) is 4. The normalized spacial score (nSPS) is 27.0. The van der Waals surface area contributed by atoms with Gasteiger partial charge in [0, 0.05) is 0 Å². The number of alkyl halides is 1. The predicted molar refractivity (Wildman–Crippen MR) is 41.2 cm³/mol. The molecule has 0 aromatic carbocycles. The van der Waals surface area contributed by atoms with Gasteiger partial charge in [0.1, 0.15) is 0 Å². The number of rotatable bonds is 0. The molecule has 0 spiro atoms. The summed E-state index contributed by atoms with van der Waals surface area (Å²) in [5.74, 6) is -1.43. The zero-order chi connectivity index (χ0) is 8.72. The molecule has 2 aliphatic heterocycles. The second-order valence-electron chi connectivity index (χ2n) is 2.13. The van der Waals surface area contributed by atoms with Crippen LogP contribution in [0.4, 0.5) is 4.39 Å². The van der Waals surface area contributed by atoms with Gasteiger partial charge in [0.05, 0.1) is 0 Å². The molecule has 1 unspecified atom stereocenters. The molecule has 0 saturated carbocycles. The lowest BCUT2D eigenvalue weighted by Crippen LogP contribution is -2.44. The molecule has 1 atom stereocenters. The fraction of sp³-hybridized carbons (Fsp3) is 0.200. The Morgan fingerprint density at radius 2 is 2.17 bits per heavy atom. The first-order valence-electron chi connectivity index (χ1n) is 3.03. The second-order valence-corrected chi connectivity index (χ2v) is 2.54. The van der Waals surface area contributed by atoms with Crippen LogP contribution < -0.4 is 5.32 Å². The van der Waals surface area contributed by atoms with Crippen LogP contribution in [0.25, 0.3) is 0 Å². The molecule has 2 heterocycles. The minimum absolute atomic E-state index is 0.121. The average molecular weight is 189 g/mol. The van der Waals surface area contributed by atoms with Gasteiger partial charge in [0.2, 0.25) is 0 Å². The summed E-state index contributed by atoms with van der Waals surface area (Å²) < 4.78 is 12.7. The molecule has 7 heteroatoms. The van der Waals surface area contributed by atoms with Gasteiger partial charge in [-0.2, -0.15) is 4.39 Å². The quantitative estimate of drug-likeness (QED) is 0.416. The van der Waals surface area contributed by atoms with E-state index in [1.54, 1.807) is 0 Å². The van der Waals surface area contributed by atoms with Crippen LogP contribution in [-0.4, -0.2) is 28.9 Å². The van der Waals surface area contributed by atoms with E-state index in [9.17, 15) is 9.18 Å². The van der Waals surface area contributed by atoms with E-state index < -0.39 is 17.5 Å². The number of hydrogen-bond donors (Lipinski definition) is 1. The molecule has 2 rings (SSSR count). The lowest BCUT2D eigenvalue weighted by atomic mass is 10.2. The van der Waals surface area contributed by atoms with Crippen molar-refractivity contribution in [3.05, 3.63) is 0 Å². The molecular weight excluding hydrogens is 187 g/mol. The van der Waals surface area contributed by atoms with Crippen molar-refractivity contribution in [3.63, 3.8) is 0 Å². The van der Waals surface area contributed by atoms with Crippen LogP contribution in [-0.2, 0) is 4.79 Å². The van der Waals surface area contributed by atoms with Gasteiger partial charge in [0.25, 0.3) is 11.9 Å². The summed E-state index contributed by atoms with van der Waals surface area (Å²) in [4.78, 5) is 14.6. The third-order valence-electron chi connectivity index (χ3n) is 1.37. The van der Waals surface area contributed by atoms with Crippen LogP contribution >= 0.6 is 11.6 Å². The van der Waals surface area contributed by atoms with E-state index in [0.717, 1.165) is 0 Å². The molecule has 0 aromatic rings. The van der Waals surface area contributed by atoms with E-state index in [1.165, 1.54) is 0 Å². The van der Waals surface area contributed by atoms with Crippen molar-refractivity contribution < 1.29 is 9.18 Å². The van der Waals surface area contributed by atoms with Crippen LogP contribution in [0.15, 0.2) is 15.2 Å². The van der Waals surface area contributed by atoms with E-state index in [2.05, 4.69) is 20.5 Å². The predicted octanol–water partition coefficient (Wildman–Crippen LogP) is -0.183. The molecule has 0 fully saturated rings. The van der Waals surface area contributed by atoms with Crippen molar-refractivity contribution in [1.82, 2.24) is 5.32 Å². The van der Waals surface area contributed by atoms with Crippen molar-refractivity contribution in [2.24, 2.45) is 15.2 Å². The molecule has 0 radical (unpaired) electrons. The van der Waals surface area contributed by atoms with E-state index >= 15 is 0 Å². The maximum absolute atomic E-state index is 12.7. The number of nitrogens with one attached hydrogen (secondary N) is 1. The lowest BCUT2D eigenvalue weighted by Gasteiger charge is -2.13. The summed E-state index contributed by atoms with van der Waals surface area (Å²) in [7, 11) is 0. The summed E-state index contributed by atoms with van der Waals surface area (Å²) in [6.45, 7) is 0. The number of aliphatic imine (C=N–C) groups is 1. The van der Waals surface area contributed by atoms with Crippen molar-refractivity contribution in [2.75, 3.05) is 0 Å². The molecule has 2 aliphatic rings. The minimum atomic E-state index is -0.939. The van der Waals surface area contributed by atoms with Gasteiger partial charge >= 0.3 is 0 Å². The molecule has 62 valence electrons. The summed E-state index contributed by atoms with van der Waals surface area (Å²) in [6, 6.07) is 0. The highest BCUT2D eigenvalue weighted by Gasteiger charge is 2.33.